The van der Waals surface area contributed by atoms with Gasteiger partial charge in [0.1, 0.15) is 6.10 Å². The Balaban J connectivity index is -0.000000320. The van der Waals surface area contributed by atoms with Gasteiger partial charge in [0.25, 0.3) is 11.6 Å². The van der Waals surface area contributed by atoms with Crippen LogP contribution in [0.3, 0.4) is 0 Å². The molecular weight excluding hydrogens is 350 g/mol. The van der Waals surface area contributed by atoms with Crippen LogP contribution < -0.4 is 0 Å². The van der Waals surface area contributed by atoms with Crippen molar-refractivity contribution in [3.05, 3.63) is 46.0 Å². The topological polar surface area (TPSA) is 87.9 Å². The van der Waals surface area contributed by atoms with Gasteiger partial charge in [-0.3, -0.25) is 4.79 Å². The Morgan fingerprint density at radius 3 is 1.89 bits per heavy atom. The van der Waals surface area contributed by atoms with Crippen molar-refractivity contribution in [3.63, 3.8) is 0 Å². The highest BCUT2D eigenvalue weighted by molar-refractivity contribution is 5.36. The number of nitrogens with zero attached hydrogens (tertiary/aromatic N) is 1. The van der Waals surface area contributed by atoms with Gasteiger partial charge >= 0.3 is 0 Å². The molecule has 1 aromatic carbocycles. The molecule has 0 saturated carbocycles. The minimum absolute atomic E-state index is 0.208. The maximum absolute atomic E-state index is 9.83. The Kier molecular flexibility index (Phi) is 26.2. The normalized spacial score (nSPS) is 10.9. The second-order valence-corrected chi connectivity index (χ2v) is 5.48. The summed E-state index contributed by atoms with van der Waals surface area (Å²) in [6.45, 7) is 10.5. The standard InChI is InChI=1S/C9H12O.C6H13NO3.C3H8.C2H4O2/c1-8(10-2)9-6-4-3-5-7-9;1-3-5-6(4-2)10-7(8)9;1-3-2;1-4-2-3/h3-8H,1-2H3;6H,3-5H2,1-2H3;3H2,1-2H3;2H,1H3. The molecule has 2 atom stereocenters. The minimum Gasteiger partial charge on any atom is -0.471 e. The molecule has 0 radical (unpaired) electrons. The van der Waals surface area contributed by atoms with E-state index in [2.05, 4.69) is 35.6 Å². The predicted molar refractivity (Wildman–Crippen MR) is 108 cm³/mol. The average molecular weight is 388 g/mol. The van der Waals surface area contributed by atoms with Crippen LogP contribution >= 0.6 is 0 Å². The summed E-state index contributed by atoms with van der Waals surface area (Å²) in [6, 6.07) is 10.2. The fraction of sp³-hybridized carbons (Fsp3) is 0.650. The molecule has 0 N–H and O–H groups in total. The largest absolute Gasteiger partial charge is 0.471 e. The Morgan fingerprint density at radius 2 is 1.59 bits per heavy atom. The van der Waals surface area contributed by atoms with Gasteiger partial charge in [-0.1, -0.05) is 70.9 Å². The van der Waals surface area contributed by atoms with Crippen LogP contribution in [0.5, 0.6) is 0 Å². The second-order valence-electron chi connectivity index (χ2n) is 5.48. The molecule has 0 saturated heterocycles. The van der Waals surface area contributed by atoms with Gasteiger partial charge in [0, 0.05) is 7.11 Å². The molecule has 0 amide bonds. The molecule has 0 bridgehead atoms. The van der Waals surface area contributed by atoms with E-state index in [1.54, 1.807) is 7.11 Å². The fourth-order valence-corrected chi connectivity index (χ4v) is 1.64. The summed E-state index contributed by atoms with van der Waals surface area (Å²) in [6.07, 6.45) is 3.64. The van der Waals surface area contributed by atoms with Crippen LogP contribution in [0.15, 0.2) is 30.3 Å². The molecule has 0 aliphatic heterocycles. The van der Waals surface area contributed by atoms with Crippen molar-refractivity contribution in [3.8, 4) is 0 Å². The van der Waals surface area contributed by atoms with E-state index in [1.165, 1.54) is 19.1 Å². The molecule has 158 valence electrons. The molecule has 0 aromatic heterocycles. The first-order valence-electron chi connectivity index (χ1n) is 9.23. The number of rotatable bonds is 8. The van der Waals surface area contributed by atoms with E-state index in [4.69, 9.17) is 9.53 Å². The third-order valence-corrected chi connectivity index (χ3v) is 3.02. The van der Waals surface area contributed by atoms with Gasteiger partial charge in [-0.2, -0.15) is 0 Å². The number of carbonyl (C=O) groups excluding carboxylic acids is 1. The van der Waals surface area contributed by atoms with Crippen molar-refractivity contribution < 1.29 is 24.2 Å². The number of ether oxygens (including phenoxy) is 2. The van der Waals surface area contributed by atoms with E-state index < -0.39 is 5.09 Å². The Morgan fingerprint density at radius 1 is 1.11 bits per heavy atom. The van der Waals surface area contributed by atoms with Crippen LogP contribution in [0, 0.1) is 10.1 Å². The quantitative estimate of drug-likeness (QED) is 0.338. The summed E-state index contributed by atoms with van der Waals surface area (Å²) >= 11 is 0. The SMILES string of the molecule is CCC.CCCC(CC)O[N+](=O)[O-].COC(C)c1ccccc1.COC=O. The average Bonchev–Trinajstić information content (AvgIpc) is 2.68. The molecule has 1 rings (SSSR count). The van der Waals surface area contributed by atoms with Crippen molar-refractivity contribution in [2.24, 2.45) is 0 Å². The first-order chi connectivity index (χ1) is 12.9. The Bertz CT molecular complexity index is 428. The third-order valence-electron chi connectivity index (χ3n) is 3.02. The molecule has 0 heterocycles. The molecule has 7 nitrogen and oxygen atoms in total. The lowest BCUT2D eigenvalue weighted by atomic mass is 10.1. The molecule has 0 aliphatic carbocycles. The molecule has 0 aliphatic rings. The lowest BCUT2D eigenvalue weighted by Gasteiger charge is -2.09. The van der Waals surface area contributed by atoms with E-state index in [-0.39, 0.29) is 12.2 Å². The maximum Gasteiger partial charge on any atom is 0.294 e. The van der Waals surface area contributed by atoms with Crippen molar-refractivity contribution >= 4 is 6.47 Å². The molecule has 2 unspecified atom stereocenters. The van der Waals surface area contributed by atoms with Gasteiger partial charge in [-0.15, -0.1) is 10.1 Å². The monoisotopic (exact) mass is 387 g/mol. The van der Waals surface area contributed by atoms with Gasteiger partial charge < -0.3 is 14.3 Å². The number of hydrogen-bond donors (Lipinski definition) is 0. The summed E-state index contributed by atoms with van der Waals surface area (Å²) in [7, 11) is 3.03. The molecule has 1 aromatic rings. The van der Waals surface area contributed by atoms with Crippen molar-refractivity contribution in [1.82, 2.24) is 0 Å². The van der Waals surface area contributed by atoms with Crippen molar-refractivity contribution in [2.75, 3.05) is 14.2 Å². The van der Waals surface area contributed by atoms with Crippen molar-refractivity contribution in [2.45, 2.75) is 72.5 Å². The minimum atomic E-state index is -0.718. The van der Waals surface area contributed by atoms with Crippen LogP contribution in [0.1, 0.15) is 72.0 Å². The lowest BCUT2D eigenvalue weighted by molar-refractivity contribution is -0.768. The van der Waals surface area contributed by atoms with E-state index in [9.17, 15) is 10.1 Å². The van der Waals surface area contributed by atoms with Gasteiger partial charge in [0.05, 0.1) is 13.2 Å². The molecule has 7 heteroatoms. The molecule has 0 fully saturated rings. The van der Waals surface area contributed by atoms with Crippen LogP contribution in [0.4, 0.5) is 0 Å². The zero-order valence-corrected chi connectivity index (χ0v) is 17.8. The summed E-state index contributed by atoms with van der Waals surface area (Å²) in [5, 5.41) is 9.11. The first kappa shape index (κ1) is 29.6. The van der Waals surface area contributed by atoms with E-state index >= 15 is 0 Å². The van der Waals surface area contributed by atoms with Crippen LogP contribution in [-0.4, -0.2) is 31.9 Å². The van der Waals surface area contributed by atoms with Gasteiger partial charge in [-0.05, 0) is 25.3 Å². The van der Waals surface area contributed by atoms with E-state index in [0.717, 1.165) is 12.8 Å². The highest BCUT2D eigenvalue weighted by Gasteiger charge is 2.08. The third kappa shape index (κ3) is 23.9. The second kappa shape index (κ2) is 23.9. The number of carbonyl (C=O) groups is 1. The van der Waals surface area contributed by atoms with Crippen LogP contribution in [0.2, 0.25) is 0 Å². The van der Waals surface area contributed by atoms with Gasteiger partial charge in [0.15, 0.2) is 0 Å². The van der Waals surface area contributed by atoms with Gasteiger partial charge in [-0.25, -0.2) is 0 Å². The molecular formula is C20H37NO6. The number of benzene rings is 1. The molecule has 0 spiro atoms. The fourth-order valence-electron chi connectivity index (χ4n) is 1.64. The van der Waals surface area contributed by atoms with Crippen LogP contribution in [0.25, 0.3) is 0 Å². The summed E-state index contributed by atoms with van der Waals surface area (Å²) in [4.78, 5) is 23.1. The summed E-state index contributed by atoms with van der Waals surface area (Å²) < 4.78 is 9.00. The lowest BCUT2D eigenvalue weighted by Crippen LogP contribution is -2.15. The zero-order chi connectivity index (χ0) is 21.5. The van der Waals surface area contributed by atoms with Crippen LogP contribution in [-0.2, 0) is 19.1 Å². The molecule has 27 heavy (non-hydrogen) atoms. The van der Waals surface area contributed by atoms with E-state index in [0.29, 0.717) is 12.9 Å². The predicted octanol–water partition coefficient (Wildman–Crippen LogP) is 5.37. The Hall–Kier alpha value is -2.15. The van der Waals surface area contributed by atoms with E-state index in [1.807, 2.05) is 39.0 Å². The summed E-state index contributed by atoms with van der Waals surface area (Å²) in [5.41, 5.74) is 1.23. The van der Waals surface area contributed by atoms with Gasteiger partial charge in [0.2, 0.25) is 0 Å². The van der Waals surface area contributed by atoms with Crippen molar-refractivity contribution in [1.29, 1.82) is 0 Å². The highest BCUT2D eigenvalue weighted by atomic mass is 17.0. The highest BCUT2D eigenvalue weighted by Crippen LogP contribution is 2.13. The Labute approximate surface area is 164 Å². The summed E-state index contributed by atoms with van der Waals surface area (Å²) in [5.74, 6) is 0. The smallest absolute Gasteiger partial charge is 0.294 e. The maximum atomic E-state index is 9.83. The number of hydrogen-bond acceptors (Lipinski definition) is 6. The zero-order valence-electron chi connectivity index (χ0n) is 17.8. The number of methoxy groups -OCH3 is 2. The first-order valence-corrected chi connectivity index (χ1v) is 9.23.